The normalized spacial score (nSPS) is 23.7. The van der Waals surface area contributed by atoms with Crippen LogP contribution in [0.1, 0.15) is 13.3 Å². The molecule has 1 aromatic carbocycles. The van der Waals surface area contributed by atoms with Crippen LogP contribution < -0.4 is 15.0 Å². The average Bonchev–Trinajstić information content (AvgIpc) is 2.56. The SMILES string of the molecule is COc1ccccc1N1CCC(C)NC(=O)C1CO. The molecule has 19 heavy (non-hydrogen) atoms. The van der Waals surface area contributed by atoms with E-state index in [1.165, 1.54) is 0 Å². The lowest BCUT2D eigenvalue weighted by molar-refractivity contribution is -0.123. The van der Waals surface area contributed by atoms with Gasteiger partial charge in [-0.05, 0) is 25.5 Å². The number of aliphatic hydroxyl groups is 1. The molecule has 2 N–H and O–H groups in total. The maximum Gasteiger partial charge on any atom is 0.245 e. The van der Waals surface area contributed by atoms with Crippen LogP contribution >= 0.6 is 0 Å². The number of rotatable bonds is 3. The third-order valence-corrected chi connectivity index (χ3v) is 3.44. The summed E-state index contributed by atoms with van der Waals surface area (Å²) in [5.41, 5.74) is 0.841. The molecule has 2 unspecified atom stereocenters. The molecular weight excluding hydrogens is 244 g/mol. The minimum atomic E-state index is -0.568. The van der Waals surface area contributed by atoms with E-state index < -0.39 is 6.04 Å². The highest BCUT2D eigenvalue weighted by molar-refractivity contribution is 5.86. The molecule has 2 atom stereocenters. The van der Waals surface area contributed by atoms with E-state index in [-0.39, 0.29) is 18.6 Å². The lowest BCUT2D eigenvalue weighted by Gasteiger charge is -2.30. The van der Waals surface area contributed by atoms with Gasteiger partial charge in [0.25, 0.3) is 0 Å². The van der Waals surface area contributed by atoms with E-state index in [0.29, 0.717) is 12.3 Å². The smallest absolute Gasteiger partial charge is 0.245 e. The van der Waals surface area contributed by atoms with E-state index in [1.807, 2.05) is 36.1 Å². The van der Waals surface area contributed by atoms with Crippen molar-refractivity contribution in [3.8, 4) is 5.75 Å². The van der Waals surface area contributed by atoms with Crippen LogP contribution in [-0.4, -0.2) is 43.4 Å². The predicted octanol–water partition coefficient (Wildman–Crippen LogP) is 0.771. The van der Waals surface area contributed by atoms with E-state index in [9.17, 15) is 9.90 Å². The Balaban J connectivity index is 2.36. The molecular formula is C14H20N2O3. The number of aliphatic hydroxyl groups excluding tert-OH is 1. The summed E-state index contributed by atoms with van der Waals surface area (Å²) < 4.78 is 5.34. The van der Waals surface area contributed by atoms with Crippen molar-refractivity contribution >= 4 is 11.6 Å². The van der Waals surface area contributed by atoms with Gasteiger partial charge >= 0.3 is 0 Å². The lowest BCUT2D eigenvalue weighted by atomic mass is 10.2. The van der Waals surface area contributed by atoms with Crippen molar-refractivity contribution in [3.05, 3.63) is 24.3 Å². The minimum absolute atomic E-state index is 0.112. The first kappa shape index (κ1) is 13.7. The number of hydrogen-bond donors (Lipinski definition) is 2. The summed E-state index contributed by atoms with van der Waals surface area (Å²) in [5, 5.41) is 12.4. The highest BCUT2D eigenvalue weighted by Gasteiger charge is 2.31. The van der Waals surface area contributed by atoms with Gasteiger partial charge in [0.05, 0.1) is 19.4 Å². The Kier molecular flexibility index (Phi) is 4.27. The summed E-state index contributed by atoms with van der Waals surface area (Å²) in [6.45, 7) is 2.46. The molecule has 1 amide bonds. The first-order valence-corrected chi connectivity index (χ1v) is 6.48. The Morgan fingerprint density at radius 1 is 1.47 bits per heavy atom. The standard InChI is InChI=1S/C14H20N2O3/c1-10-7-8-16(12(9-17)14(18)15-10)11-5-3-4-6-13(11)19-2/h3-6,10,12,17H,7-9H2,1-2H3,(H,15,18). The van der Waals surface area contributed by atoms with Crippen LogP contribution in [0.25, 0.3) is 0 Å². The quantitative estimate of drug-likeness (QED) is 0.846. The Hall–Kier alpha value is -1.75. The molecule has 1 saturated heterocycles. The van der Waals surface area contributed by atoms with E-state index in [4.69, 9.17) is 4.74 Å². The highest BCUT2D eigenvalue weighted by Crippen LogP contribution is 2.30. The zero-order valence-electron chi connectivity index (χ0n) is 11.3. The van der Waals surface area contributed by atoms with Crippen molar-refractivity contribution in [1.29, 1.82) is 0 Å². The van der Waals surface area contributed by atoms with Gasteiger partial charge in [-0.25, -0.2) is 0 Å². The molecule has 1 fully saturated rings. The minimum Gasteiger partial charge on any atom is -0.495 e. The highest BCUT2D eigenvalue weighted by atomic mass is 16.5. The number of amides is 1. The van der Waals surface area contributed by atoms with Gasteiger partial charge < -0.3 is 20.1 Å². The summed E-state index contributed by atoms with van der Waals surface area (Å²) in [7, 11) is 1.60. The number of hydrogen-bond acceptors (Lipinski definition) is 4. The van der Waals surface area contributed by atoms with Gasteiger partial charge in [0.1, 0.15) is 11.8 Å². The Bertz CT molecular complexity index is 450. The van der Waals surface area contributed by atoms with Gasteiger partial charge in [0.2, 0.25) is 5.91 Å². The Morgan fingerprint density at radius 2 is 2.21 bits per heavy atom. The summed E-state index contributed by atoms with van der Waals surface area (Å²) >= 11 is 0. The number of para-hydroxylation sites is 2. The molecule has 0 saturated carbocycles. The number of carbonyl (C=O) groups excluding carboxylic acids is 1. The van der Waals surface area contributed by atoms with Gasteiger partial charge in [-0.3, -0.25) is 4.79 Å². The number of nitrogens with one attached hydrogen (secondary N) is 1. The topological polar surface area (TPSA) is 61.8 Å². The second-order valence-electron chi connectivity index (χ2n) is 4.76. The third kappa shape index (κ3) is 2.81. The molecule has 5 heteroatoms. The maximum atomic E-state index is 12.1. The molecule has 1 aliphatic heterocycles. The number of carbonyl (C=O) groups is 1. The number of nitrogens with zero attached hydrogens (tertiary/aromatic N) is 1. The van der Waals surface area contributed by atoms with Gasteiger partial charge in [0, 0.05) is 12.6 Å². The van der Waals surface area contributed by atoms with Crippen LogP contribution in [0.3, 0.4) is 0 Å². The van der Waals surface area contributed by atoms with Crippen LogP contribution in [-0.2, 0) is 4.79 Å². The number of ether oxygens (including phenoxy) is 1. The molecule has 1 aliphatic rings. The van der Waals surface area contributed by atoms with Gasteiger partial charge in [-0.2, -0.15) is 0 Å². The van der Waals surface area contributed by atoms with Crippen molar-refractivity contribution in [2.24, 2.45) is 0 Å². The van der Waals surface area contributed by atoms with E-state index >= 15 is 0 Å². The predicted molar refractivity (Wildman–Crippen MR) is 73.4 cm³/mol. The molecule has 2 rings (SSSR count). The van der Waals surface area contributed by atoms with Crippen molar-refractivity contribution in [1.82, 2.24) is 5.32 Å². The lowest BCUT2D eigenvalue weighted by Crippen LogP contribution is -2.47. The summed E-state index contributed by atoms with van der Waals surface area (Å²) in [5.74, 6) is 0.571. The van der Waals surface area contributed by atoms with E-state index in [1.54, 1.807) is 7.11 Å². The Morgan fingerprint density at radius 3 is 2.89 bits per heavy atom. The van der Waals surface area contributed by atoms with Crippen molar-refractivity contribution in [3.63, 3.8) is 0 Å². The molecule has 0 bridgehead atoms. The first-order chi connectivity index (χ1) is 9.17. The fourth-order valence-electron chi connectivity index (χ4n) is 2.38. The van der Waals surface area contributed by atoms with Crippen molar-refractivity contribution in [2.75, 3.05) is 25.2 Å². The second kappa shape index (κ2) is 5.93. The van der Waals surface area contributed by atoms with Crippen LogP contribution in [0.2, 0.25) is 0 Å². The van der Waals surface area contributed by atoms with Gasteiger partial charge in [-0.1, -0.05) is 12.1 Å². The van der Waals surface area contributed by atoms with Gasteiger partial charge in [-0.15, -0.1) is 0 Å². The first-order valence-electron chi connectivity index (χ1n) is 6.48. The maximum absolute atomic E-state index is 12.1. The Labute approximate surface area is 113 Å². The van der Waals surface area contributed by atoms with E-state index in [0.717, 1.165) is 12.1 Å². The monoisotopic (exact) mass is 264 g/mol. The molecule has 0 aliphatic carbocycles. The molecule has 5 nitrogen and oxygen atoms in total. The number of benzene rings is 1. The third-order valence-electron chi connectivity index (χ3n) is 3.44. The summed E-state index contributed by atoms with van der Waals surface area (Å²) in [4.78, 5) is 14.0. The molecule has 0 radical (unpaired) electrons. The summed E-state index contributed by atoms with van der Waals surface area (Å²) in [6.07, 6.45) is 0.834. The molecule has 0 spiro atoms. The fraction of sp³-hybridized carbons (Fsp3) is 0.500. The molecule has 1 heterocycles. The summed E-state index contributed by atoms with van der Waals surface area (Å²) in [6, 6.07) is 7.10. The van der Waals surface area contributed by atoms with Crippen LogP contribution in [0, 0.1) is 0 Å². The zero-order valence-corrected chi connectivity index (χ0v) is 11.3. The van der Waals surface area contributed by atoms with Crippen LogP contribution in [0.4, 0.5) is 5.69 Å². The average molecular weight is 264 g/mol. The second-order valence-corrected chi connectivity index (χ2v) is 4.76. The van der Waals surface area contributed by atoms with Crippen molar-refractivity contribution in [2.45, 2.75) is 25.4 Å². The largest absolute Gasteiger partial charge is 0.495 e. The van der Waals surface area contributed by atoms with Gasteiger partial charge in [0.15, 0.2) is 0 Å². The fourth-order valence-corrected chi connectivity index (χ4v) is 2.38. The van der Waals surface area contributed by atoms with Crippen LogP contribution in [0.5, 0.6) is 5.75 Å². The number of methoxy groups -OCH3 is 1. The number of anilines is 1. The van der Waals surface area contributed by atoms with Crippen molar-refractivity contribution < 1.29 is 14.6 Å². The zero-order chi connectivity index (χ0) is 13.8. The molecule has 104 valence electrons. The molecule has 0 aromatic heterocycles. The van der Waals surface area contributed by atoms with Crippen LogP contribution in [0.15, 0.2) is 24.3 Å². The van der Waals surface area contributed by atoms with E-state index in [2.05, 4.69) is 5.32 Å². The molecule has 1 aromatic rings.